The van der Waals surface area contributed by atoms with Crippen molar-refractivity contribution in [2.75, 3.05) is 73.7 Å². The van der Waals surface area contributed by atoms with Crippen LogP contribution in [0.1, 0.15) is 19.8 Å². The molecular weight excluding hydrogens is 426 g/mol. The van der Waals surface area contributed by atoms with E-state index in [1.807, 2.05) is 9.80 Å². The Morgan fingerprint density at radius 3 is 1.55 bits per heavy atom. The number of nitrogens with two attached hydrogens (primary N) is 4. The molecule has 3 aliphatic rings. The molecule has 1 aromatic heterocycles. The van der Waals surface area contributed by atoms with Gasteiger partial charge in [0.2, 0.25) is 17.8 Å². The van der Waals surface area contributed by atoms with Gasteiger partial charge in [0.15, 0.2) is 0 Å². The van der Waals surface area contributed by atoms with Gasteiger partial charge in [0, 0.05) is 76.5 Å². The average molecular weight is 464 g/mol. The summed E-state index contributed by atoms with van der Waals surface area (Å²) in [7, 11) is 0. The quantitative estimate of drug-likeness (QED) is 0.381. The molecule has 4 rings (SSSR count). The van der Waals surface area contributed by atoms with Crippen molar-refractivity contribution >= 4 is 23.9 Å². The zero-order chi connectivity index (χ0) is 23.5. The van der Waals surface area contributed by atoms with E-state index in [0.717, 1.165) is 12.8 Å². The van der Waals surface area contributed by atoms with Gasteiger partial charge in [-0.05, 0) is 19.8 Å². The van der Waals surface area contributed by atoms with Gasteiger partial charge in [0.25, 0.3) is 0 Å². The molecule has 0 aromatic carbocycles. The van der Waals surface area contributed by atoms with Gasteiger partial charge in [0.1, 0.15) is 0 Å². The number of amides is 1. The van der Waals surface area contributed by atoms with Crippen LogP contribution in [0.25, 0.3) is 0 Å². The number of hydrogen-bond acceptors (Lipinski definition) is 12. The Balaban J connectivity index is 1.59. The van der Waals surface area contributed by atoms with Crippen LogP contribution in [0.3, 0.4) is 0 Å². The second kappa shape index (κ2) is 10.2. The summed E-state index contributed by atoms with van der Waals surface area (Å²) in [5.74, 6) is 1.68. The minimum Gasteiger partial charge on any atom is -0.450 e. The number of piperazine rings is 1. The normalized spacial score (nSPS) is 28.8. The number of rotatable bonds is 4. The van der Waals surface area contributed by atoms with Crippen LogP contribution in [-0.2, 0) is 4.74 Å². The molecule has 1 amide bonds. The number of carbonyl (C=O) groups is 1. The first-order chi connectivity index (χ1) is 15.8. The van der Waals surface area contributed by atoms with Crippen molar-refractivity contribution in [3.63, 3.8) is 0 Å². The highest BCUT2D eigenvalue weighted by Gasteiger charge is 2.30. The molecule has 0 spiro atoms. The first-order valence-electron chi connectivity index (χ1n) is 11.8. The number of nitrogens with zero attached hydrogens (tertiary/aromatic N) is 7. The van der Waals surface area contributed by atoms with E-state index in [9.17, 15) is 4.79 Å². The Morgan fingerprint density at radius 2 is 1.15 bits per heavy atom. The summed E-state index contributed by atoms with van der Waals surface area (Å²) in [5.41, 5.74) is 24.9. The Kier molecular flexibility index (Phi) is 7.32. The third-order valence-electron chi connectivity index (χ3n) is 6.28. The molecule has 33 heavy (non-hydrogen) atoms. The second-order valence-electron chi connectivity index (χ2n) is 9.23. The van der Waals surface area contributed by atoms with Gasteiger partial charge >= 0.3 is 6.09 Å². The third kappa shape index (κ3) is 5.72. The van der Waals surface area contributed by atoms with Crippen molar-refractivity contribution in [2.45, 2.75) is 43.9 Å². The van der Waals surface area contributed by atoms with Crippen LogP contribution in [-0.4, -0.2) is 109 Å². The highest BCUT2D eigenvalue weighted by Crippen LogP contribution is 2.24. The third-order valence-corrected chi connectivity index (χ3v) is 6.28. The molecule has 0 radical (unpaired) electrons. The lowest BCUT2D eigenvalue weighted by molar-refractivity contribution is 0.105. The number of anilines is 3. The molecule has 13 nitrogen and oxygen atoms in total. The summed E-state index contributed by atoms with van der Waals surface area (Å²) >= 11 is 0. The van der Waals surface area contributed by atoms with Gasteiger partial charge in [-0.3, -0.25) is 0 Å². The Labute approximate surface area is 194 Å². The van der Waals surface area contributed by atoms with Gasteiger partial charge in [-0.25, -0.2) is 4.79 Å². The summed E-state index contributed by atoms with van der Waals surface area (Å²) in [6.45, 7) is 6.96. The van der Waals surface area contributed by atoms with Crippen LogP contribution >= 0.6 is 0 Å². The van der Waals surface area contributed by atoms with E-state index in [2.05, 4.69) is 4.90 Å². The fourth-order valence-electron chi connectivity index (χ4n) is 4.76. The molecule has 13 heteroatoms. The van der Waals surface area contributed by atoms with E-state index in [-0.39, 0.29) is 30.3 Å². The highest BCUT2D eigenvalue weighted by atomic mass is 16.6. The van der Waals surface area contributed by atoms with Crippen molar-refractivity contribution in [1.82, 2.24) is 19.9 Å². The first-order valence-corrected chi connectivity index (χ1v) is 11.8. The minimum atomic E-state index is -0.290. The summed E-state index contributed by atoms with van der Waals surface area (Å²) in [6, 6.07) is -0.158. The number of piperidine rings is 2. The van der Waals surface area contributed by atoms with E-state index in [1.165, 1.54) is 0 Å². The van der Waals surface area contributed by atoms with E-state index in [0.29, 0.717) is 76.8 Å². The smallest absolute Gasteiger partial charge is 0.409 e. The molecule has 0 saturated carbocycles. The fourth-order valence-corrected chi connectivity index (χ4v) is 4.76. The van der Waals surface area contributed by atoms with Gasteiger partial charge in [-0.15, -0.1) is 0 Å². The zero-order valence-electron chi connectivity index (χ0n) is 19.3. The minimum absolute atomic E-state index is 0.0395. The molecule has 0 bridgehead atoms. The number of carbonyl (C=O) groups excluding carboxylic acids is 1. The Bertz CT molecular complexity index is 755. The molecule has 0 aliphatic carbocycles. The van der Waals surface area contributed by atoms with Gasteiger partial charge in [-0.2, -0.15) is 15.0 Å². The predicted molar refractivity (Wildman–Crippen MR) is 126 cm³/mol. The monoisotopic (exact) mass is 463 g/mol. The van der Waals surface area contributed by atoms with Crippen molar-refractivity contribution in [3.8, 4) is 0 Å². The predicted octanol–water partition coefficient (Wildman–Crippen LogP) is -2.12. The SMILES string of the molecule is CCOC(=O)N1CCN(c2nc(N3CC(N)CC(N)C3)nc(N3CC(N)CC(N)C3)n2)CC1. The van der Waals surface area contributed by atoms with Crippen LogP contribution in [0.15, 0.2) is 0 Å². The molecule has 4 unspecified atom stereocenters. The van der Waals surface area contributed by atoms with Crippen molar-refractivity contribution in [2.24, 2.45) is 22.9 Å². The van der Waals surface area contributed by atoms with Gasteiger partial charge in [0.05, 0.1) is 6.61 Å². The second-order valence-corrected chi connectivity index (χ2v) is 9.23. The lowest BCUT2D eigenvalue weighted by Gasteiger charge is -2.38. The maximum absolute atomic E-state index is 12.1. The van der Waals surface area contributed by atoms with E-state index < -0.39 is 0 Å². The van der Waals surface area contributed by atoms with Crippen molar-refractivity contribution < 1.29 is 9.53 Å². The van der Waals surface area contributed by atoms with E-state index >= 15 is 0 Å². The Hall–Kier alpha value is -2.48. The van der Waals surface area contributed by atoms with Crippen LogP contribution in [0.5, 0.6) is 0 Å². The molecule has 3 aliphatic heterocycles. The summed E-state index contributed by atoms with van der Waals surface area (Å²) in [5, 5.41) is 0. The first kappa shape index (κ1) is 23.7. The van der Waals surface area contributed by atoms with Crippen LogP contribution in [0.4, 0.5) is 22.6 Å². The van der Waals surface area contributed by atoms with Crippen LogP contribution < -0.4 is 37.6 Å². The zero-order valence-corrected chi connectivity index (χ0v) is 19.3. The summed E-state index contributed by atoms with van der Waals surface area (Å²) in [6.07, 6.45) is 1.25. The number of hydrogen-bond donors (Lipinski definition) is 4. The molecule has 3 saturated heterocycles. The standard InChI is InChI=1S/C20H37N11O2/c1-2-33-20(32)29-5-3-28(4-6-29)17-25-18(30-9-13(21)7-14(22)10-30)27-19(26-17)31-11-15(23)8-16(24)12-31/h13-16H,2-12,21-24H2,1H3. The van der Waals surface area contributed by atoms with Crippen LogP contribution in [0, 0.1) is 0 Å². The fraction of sp³-hybridized carbons (Fsp3) is 0.800. The van der Waals surface area contributed by atoms with E-state index in [1.54, 1.807) is 11.8 Å². The lowest BCUT2D eigenvalue weighted by Crippen LogP contribution is -2.54. The molecule has 3 fully saturated rings. The molecule has 8 N–H and O–H groups in total. The molecule has 4 heterocycles. The number of ether oxygens (including phenoxy) is 1. The molecule has 4 atom stereocenters. The summed E-state index contributed by atoms with van der Waals surface area (Å²) < 4.78 is 5.13. The van der Waals surface area contributed by atoms with Gasteiger partial charge in [-0.1, -0.05) is 0 Å². The maximum Gasteiger partial charge on any atom is 0.409 e. The highest BCUT2D eigenvalue weighted by molar-refractivity contribution is 5.68. The number of aromatic nitrogens is 3. The molecule has 1 aromatic rings. The topological polar surface area (TPSA) is 182 Å². The van der Waals surface area contributed by atoms with E-state index in [4.69, 9.17) is 42.6 Å². The molecular formula is C20H37N11O2. The van der Waals surface area contributed by atoms with Crippen molar-refractivity contribution in [1.29, 1.82) is 0 Å². The van der Waals surface area contributed by atoms with Crippen molar-refractivity contribution in [3.05, 3.63) is 0 Å². The summed E-state index contributed by atoms with van der Waals surface area (Å²) in [4.78, 5) is 34.3. The lowest BCUT2D eigenvalue weighted by atomic mass is 10.0. The molecule has 184 valence electrons. The average Bonchev–Trinajstić information content (AvgIpc) is 2.78. The van der Waals surface area contributed by atoms with Crippen LogP contribution in [0.2, 0.25) is 0 Å². The van der Waals surface area contributed by atoms with Gasteiger partial charge < -0.3 is 47.3 Å². The largest absolute Gasteiger partial charge is 0.450 e. The maximum atomic E-state index is 12.1. The Morgan fingerprint density at radius 1 is 0.758 bits per heavy atom.